The SMILES string of the molecule is BCc1ccc(OC(C)=O)c(OCc2cn(C)nn2)c1. The topological polar surface area (TPSA) is 66.2 Å². The second-order valence-corrected chi connectivity index (χ2v) is 4.40. The van der Waals surface area contributed by atoms with Crippen LogP contribution in [0.2, 0.25) is 0 Å². The first kappa shape index (κ1) is 14.1. The monoisotopic (exact) mass is 273 g/mol. The minimum absolute atomic E-state index is 0.273. The van der Waals surface area contributed by atoms with Crippen LogP contribution in [-0.2, 0) is 24.8 Å². The Labute approximate surface area is 118 Å². The fourth-order valence-corrected chi connectivity index (χ4v) is 1.74. The lowest BCUT2D eigenvalue weighted by atomic mass is 9.97. The minimum atomic E-state index is -0.376. The van der Waals surface area contributed by atoms with Gasteiger partial charge in [0.25, 0.3) is 0 Å². The normalized spacial score (nSPS) is 10.3. The van der Waals surface area contributed by atoms with E-state index in [4.69, 9.17) is 9.47 Å². The molecule has 0 aliphatic carbocycles. The highest BCUT2D eigenvalue weighted by Crippen LogP contribution is 2.29. The van der Waals surface area contributed by atoms with Crippen molar-refractivity contribution in [3.8, 4) is 11.5 Å². The molecule has 0 N–H and O–H groups in total. The molecule has 0 bridgehead atoms. The van der Waals surface area contributed by atoms with Crippen molar-refractivity contribution in [1.29, 1.82) is 0 Å². The predicted octanol–water partition coefficient (Wildman–Crippen LogP) is 0.452. The number of ether oxygens (including phenoxy) is 2. The number of aromatic nitrogens is 3. The molecule has 0 unspecified atom stereocenters. The highest BCUT2D eigenvalue weighted by atomic mass is 16.6. The van der Waals surface area contributed by atoms with Gasteiger partial charge in [0.2, 0.25) is 0 Å². The van der Waals surface area contributed by atoms with Crippen molar-refractivity contribution in [3.63, 3.8) is 0 Å². The molecule has 0 aliphatic rings. The van der Waals surface area contributed by atoms with Crippen molar-refractivity contribution in [2.24, 2.45) is 7.05 Å². The molecule has 0 fully saturated rings. The number of aryl methyl sites for hydroxylation is 1. The lowest BCUT2D eigenvalue weighted by molar-refractivity contribution is -0.132. The van der Waals surface area contributed by atoms with E-state index in [0.29, 0.717) is 17.2 Å². The third kappa shape index (κ3) is 3.60. The molecule has 1 aromatic heterocycles. The largest absolute Gasteiger partial charge is 0.483 e. The molecule has 6 nitrogen and oxygen atoms in total. The van der Waals surface area contributed by atoms with Gasteiger partial charge in [-0.25, -0.2) is 0 Å². The summed E-state index contributed by atoms with van der Waals surface area (Å²) in [5, 5.41) is 7.78. The Morgan fingerprint density at radius 2 is 2.20 bits per heavy atom. The molecule has 1 aromatic carbocycles. The maximum atomic E-state index is 11.1. The van der Waals surface area contributed by atoms with Crippen molar-refractivity contribution >= 4 is 13.8 Å². The molecule has 104 valence electrons. The highest BCUT2D eigenvalue weighted by molar-refractivity contribution is 6.08. The number of nitrogens with zero attached hydrogens (tertiary/aromatic N) is 3. The number of carbonyl (C=O) groups is 1. The molecule has 1 heterocycles. The molecular weight excluding hydrogens is 257 g/mol. The highest BCUT2D eigenvalue weighted by Gasteiger charge is 2.10. The molecule has 0 saturated carbocycles. The molecule has 2 rings (SSSR count). The van der Waals surface area contributed by atoms with Gasteiger partial charge in [-0.1, -0.05) is 23.2 Å². The molecule has 0 atom stereocenters. The summed E-state index contributed by atoms with van der Waals surface area (Å²) in [6.45, 7) is 1.63. The van der Waals surface area contributed by atoms with E-state index >= 15 is 0 Å². The van der Waals surface area contributed by atoms with Gasteiger partial charge in [0, 0.05) is 14.0 Å². The number of esters is 1. The first-order valence-electron chi connectivity index (χ1n) is 6.38. The van der Waals surface area contributed by atoms with Gasteiger partial charge >= 0.3 is 5.97 Å². The average molecular weight is 273 g/mol. The van der Waals surface area contributed by atoms with Crippen molar-refractivity contribution < 1.29 is 14.3 Å². The van der Waals surface area contributed by atoms with E-state index < -0.39 is 0 Å². The van der Waals surface area contributed by atoms with E-state index in [1.54, 1.807) is 24.0 Å². The second-order valence-electron chi connectivity index (χ2n) is 4.40. The van der Waals surface area contributed by atoms with Gasteiger partial charge in [-0.2, -0.15) is 0 Å². The van der Waals surface area contributed by atoms with Gasteiger partial charge in [0.05, 0.1) is 6.20 Å². The van der Waals surface area contributed by atoms with Gasteiger partial charge in [-0.3, -0.25) is 9.48 Å². The second kappa shape index (κ2) is 6.23. The van der Waals surface area contributed by atoms with Crippen LogP contribution in [0.15, 0.2) is 24.4 Å². The Morgan fingerprint density at radius 1 is 1.40 bits per heavy atom. The summed E-state index contributed by atoms with van der Waals surface area (Å²) in [7, 11) is 3.84. The third-order valence-electron chi connectivity index (χ3n) is 2.70. The van der Waals surface area contributed by atoms with Gasteiger partial charge in [-0.15, -0.1) is 5.10 Å². The van der Waals surface area contributed by atoms with Crippen LogP contribution in [0.1, 0.15) is 18.2 Å². The van der Waals surface area contributed by atoms with Crippen LogP contribution < -0.4 is 9.47 Å². The van der Waals surface area contributed by atoms with E-state index in [9.17, 15) is 4.79 Å². The van der Waals surface area contributed by atoms with E-state index in [-0.39, 0.29) is 12.6 Å². The summed E-state index contributed by atoms with van der Waals surface area (Å²) in [5.74, 6) is 0.572. The van der Waals surface area contributed by atoms with Gasteiger partial charge in [-0.05, 0) is 12.1 Å². The molecule has 0 aliphatic heterocycles. The third-order valence-corrected chi connectivity index (χ3v) is 2.70. The van der Waals surface area contributed by atoms with Crippen LogP contribution in [0.3, 0.4) is 0 Å². The smallest absolute Gasteiger partial charge is 0.308 e. The summed E-state index contributed by atoms with van der Waals surface area (Å²) in [6, 6.07) is 5.52. The standard InChI is InChI=1S/C13H16BN3O3/c1-9(18)20-12-4-3-10(6-14)5-13(12)19-8-11-7-17(2)16-15-11/h3-5,7H,6,8,14H2,1-2H3. The van der Waals surface area contributed by atoms with Crippen LogP contribution in [0.4, 0.5) is 0 Å². The van der Waals surface area contributed by atoms with E-state index in [1.165, 1.54) is 6.92 Å². The fourth-order valence-electron chi connectivity index (χ4n) is 1.74. The molecule has 0 radical (unpaired) electrons. The summed E-state index contributed by atoms with van der Waals surface area (Å²) < 4.78 is 12.4. The number of hydrogen-bond acceptors (Lipinski definition) is 5. The molecule has 0 spiro atoms. The Morgan fingerprint density at radius 3 is 2.80 bits per heavy atom. The Hall–Kier alpha value is -2.31. The Bertz CT molecular complexity index is 613. The lowest BCUT2D eigenvalue weighted by Gasteiger charge is -2.11. The van der Waals surface area contributed by atoms with Crippen LogP contribution in [0.25, 0.3) is 0 Å². The van der Waals surface area contributed by atoms with Crippen LogP contribution in [-0.4, -0.2) is 28.8 Å². The summed E-state index contributed by atoms with van der Waals surface area (Å²) in [5.41, 5.74) is 1.82. The molecule has 2 aromatic rings. The summed E-state index contributed by atoms with van der Waals surface area (Å²) >= 11 is 0. The average Bonchev–Trinajstić information content (AvgIpc) is 2.83. The van der Waals surface area contributed by atoms with E-state index in [0.717, 1.165) is 11.9 Å². The molecule has 0 amide bonds. The number of carbonyl (C=O) groups excluding carboxylic acids is 1. The minimum Gasteiger partial charge on any atom is -0.483 e. The van der Waals surface area contributed by atoms with Crippen molar-refractivity contribution in [1.82, 2.24) is 15.0 Å². The molecule has 0 saturated heterocycles. The zero-order valence-electron chi connectivity index (χ0n) is 11.8. The molecular formula is C13H16BN3O3. The van der Waals surface area contributed by atoms with Gasteiger partial charge < -0.3 is 9.47 Å². The predicted molar refractivity (Wildman–Crippen MR) is 75.3 cm³/mol. The Kier molecular flexibility index (Phi) is 4.39. The zero-order valence-corrected chi connectivity index (χ0v) is 11.8. The number of hydrogen-bond donors (Lipinski definition) is 0. The first-order valence-corrected chi connectivity index (χ1v) is 6.38. The van der Waals surface area contributed by atoms with E-state index in [1.807, 2.05) is 20.0 Å². The summed E-state index contributed by atoms with van der Waals surface area (Å²) in [6.07, 6.45) is 2.65. The first-order chi connectivity index (χ1) is 9.58. The molecule has 7 heteroatoms. The van der Waals surface area contributed by atoms with Crippen LogP contribution >= 0.6 is 0 Å². The van der Waals surface area contributed by atoms with Crippen LogP contribution in [0, 0.1) is 0 Å². The number of rotatable bonds is 5. The van der Waals surface area contributed by atoms with Crippen LogP contribution in [0.5, 0.6) is 11.5 Å². The fraction of sp³-hybridized carbons (Fsp3) is 0.308. The van der Waals surface area contributed by atoms with E-state index in [2.05, 4.69) is 10.3 Å². The number of benzene rings is 1. The maximum Gasteiger partial charge on any atom is 0.308 e. The molecule has 20 heavy (non-hydrogen) atoms. The van der Waals surface area contributed by atoms with Gasteiger partial charge in [0.1, 0.15) is 20.1 Å². The summed E-state index contributed by atoms with van der Waals surface area (Å²) in [4.78, 5) is 11.1. The van der Waals surface area contributed by atoms with Crippen molar-refractivity contribution in [3.05, 3.63) is 35.7 Å². The van der Waals surface area contributed by atoms with Crippen molar-refractivity contribution in [2.75, 3.05) is 0 Å². The van der Waals surface area contributed by atoms with Crippen molar-refractivity contribution in [2.45, 2.75) is 19.9 Å². The Balaban J connectivity index is 2.16. The van der Waals surface area contributed by atoms with Gasteiger partial charge in [0.15, 0.2) is 11.5 Å². The lowest BCUT2D eigenvalue weighted by Crippen LogP contribution is -2.05. The maximum absolute atomic E-state index is 11.1. The quantitative estimate of drug-likeness (QED) is 0.449. The zero-order chi connectivity index (χ0) is 14.5.